The second-order valence-corrected chi connectivity index (χ2v) is 8.53. The van der Waals surface area contributed by atoms with Gasteiger partial charge in [0.2, 0.25) is 10.0 Å². The summed E-state index contributed by atoms with van der Waals surface area (Å²) in [6.07, 6.45) is 8.11. The number of benzene rings is 1. The Balaban J connectivity index is 1.79. The number of rotatable bonds is 9. The first-order chi connectivity index (χ1) is 13.0. The summed E-state index contributed by atoms with van der Waals surface area (Å²) in [6.45, 7) is 0.434. The van der Waals surface area contributed by atoms with E-state index in [-0.39, 0.29) is 30.0 Å². The van der Waals surface area contributed by atoms with Crippen molar-refractivity contribution in [1.29, 1.82) is 0 Å². The number of ether oxygens (including phenoxy) is 2. The van der Waals surface area contributed by atoms with Crippen LogP contribution >= 0.6 is 0 Å². The quantitative estimate of drug-likeness (QED) is 0.622. The largest absolute Gasteiger partial charge is 0.484 e. The minimum Gasteiger partial charge on any atom is -0.484 e. The summed E-state index contributed by atoms with van der Waals surface area (Å²) in [4.78, 5) is 12.2. The molecule has 0 aliphatic heterocycles. The van der Waals surface area contributed by atoms with Gasteiger partial charge in [0.1, 0.15) is 5.75 Å². The molecule has 1 aromatic carbocycles. The van der Waals surface area contributed by atoms with E-state index in [4.69, 9.17) is 9.47 Å². The molecule has 1 aromatic rings. The van der Waals surface area contributed by atoms with Crippen molar-refractivity contribution in [1.82, 2.24) is 10.0 Å². The third kappa shape index (κ3) is 7.86. The molecule has 0 bridgehead atoms. The highest BCUT2D eigenvalue weighted by Crippen LogP contribution is 2.18. The van der Waals surface area contributed by atoms with E-state index in [9.17, 15) is 13.2 Å². The van der Waals surface area contributed by atoms with Gasteiger partial charge in [-0.25, -0.2) is 13.1 Å². The molecule has 2 rings (SSSR count). The van der Waals surface area contributed by atoms with Crippen molar-refractivity contribution in [2.45, 2.75) is 55.9 Å². The lowest BCUT2D eigenvalue weighted by Gasteiger charge is -2.21. The van der Waals surface area contributed by atoms with Crippen LogP contribution in [0, 0.1) is 0 Å². The van der Waals surface area contributed by atoms with E-state index in [1.165, 1.54) is 38.5 Å². The Hall–Kier alpha value is -1.64. The standard InChI is InChI=1S/C19H30N2O5S/c1-25-14-13-20-27(23,24)18-11-9-17(10-12-18)26-15-19(22)21-16-7-5-3-2-4-6-8-16/h9-12,16,20H,2-8,13-15H2,1H3,(H,21,22). The number of methoxy groups -OCH3 is 1. The highest BCUT2D eigenvalue weighted by Gasteiger charge is 2.15. The van der Waals surface area contributed by atoms with Gasteiger partial charge in [-0.1, -0.05) is 32.1 Å². The van der Waals surface area contributed by atoms with Gasteiger partial charge in [-0.15, -0.1) is 0 Å². The molecule has 0 atom stereocenters. The van der Waals surface area contributed by atoms with Crippen LogP contribution in [0.3, 0.4) is 0 Å². The second-order valence-electron chi connectivity index (χ2n) is 6.76. The lowest BCUT2D eigenvalue weighted by Crippen LogP contribution is -2.38. The van der Waals surface area contributed by atoms with Gasteiger partial charge < -0.3 is 14.8 Å². The number of hydrogen-bond acceptors (Lipinski definition) is 5. The van der Waals surface area contributed by atoms with Crippen LogP contribution in [0.5, 0.6) is 5.75 Å². The van der Waals surface area contributed by atoms with Gasteiger partial charge in [0.05, 0.1) is 11.5 Å². The van der Waals surface area contributed by atoms with Gasteiger partial charge >= 0.3 is 0 Å². The van der Waals surface area contributed by atoms with Crippen LogP contribution < -0.4 is 14.8 Å². The average molecular weight is 399 g/mol. The number of carbonyl (C=O) groups is 1. The molecule has 8 heteroatoms. The van der Waals surface area contributed by atoms with Crippen LogP contribution in [0.15, 0.2) is 29.2 Å². The van der Waals surface area contributed by atoms with E-state index in [1.54, 1.807) is 12.1 Å². The molecule has 27 heavy (non-hydrogen) atoms. The SMILES string of the molecule is COCCNS(=O)(=O)c1ccc(OCC(=O)NC2CCCCCCC2)cc1. The summed E-state index contributed by atoms with van der Waals surface area (Å²) >= 11 is 0. The maximum Gasteiger partial charge on any atom is 0.258 e. The summed E-state index contributed by atoms with van der Waals surface area (Å²) in [5.74, 6) is 0.317. The van der Waals surface area contributed by atoms with Crippen LogP contribution in [0.1, 0.15) is 44.9 Å². The van der Waals surface area contributed by atoms with Gasteiger partial charge in [-0.05, 0) is 37.1 Å². The number of carbonyl (C=O) groups excluding carboxylic acids is 1. The van der Waals surface area contributed by atoms with Crippen molar-refractivity contribution < 1.29 is 22.7 Å². The molecule has 1 saturated carbocycles. The van der Waals surface area contributed by atoms with Gasteiger partial charge in [0.25, 0.3) is 5.91 Å². The second kappa shape index (κ2) is 11.3. The first kappa shape index (κ1) is 21.7. The minimum absolute atomic E-state index is 0.0747. The minimum atomic E-state index is -3.57. The van der Waals surface area contributed by atoms with Crippen molar-refractivity contribution in [2.75, 3.05) is 26.9 Å². The predicted octanol–water partition coefficient (Wildman–Crippen LogP) is 2.22. The van der Waals surface area contributed by atoms with E-state index in [2.05, 4.69) is 10.0 Å². The maximum atomic E-state index is 12.1. The molecule has 0 radical (unpaired) electrons. The van der Waals surface area contributed by atoms with Crippen molar-refractivity contribution >= 4 is 15.9 Å². The summed E-state index contributed by atoms with van der Waals surface area (Å²) in [5, 5.41) is 3.04. The van der Waals surface area contributed by atoms with Crippen molar-refractivity contribution in [3.8, 4) is 5.75 Å². The number of hydrogen-bond donors (Lipinski definition) is 2. The fourth-order valence-corrected chi connectivity index (χ4v) is 4.11. The number of sulfonamides is 1. The first-order valence-electron chi connectivity index (χ1n) is 9.52. The van der Waals surface area contributed by atoms with E-state index < -0.39 is 10.0 Å². The molecule has 1 aliphatic carbocycles. The predicted molar refractivity (Wildman–Crippen MR) is 103 cm³/mol. The van der Waals surface area contributed by atoms with Crippen molar-refractivity contribution in [3.63, 3.8) is 0 Å². The Bertz CT molecular complexity index is 668. The molecular weight excluding hydrogens is 368 g/mol. The Kier molecular flexibility index (Phi) is 9.03. The Morgan fingerprint density at radius 2 is 1.70 bits per heavy atom. The van der Waals surface area contributed by atoms with E-state index in [1.807, 2.05) is 0 Å². The number of nitrogens with one attached hydrogen (secondary N) is 2. The fourth-order valence-electron chi connectivity index (χ4n) is 3.10. The molecule has 0 spiro atoms. The van der Waals surface area contributed by atoms with E-state index in [0.717, 1.165) is 25.7 Å². The van der Waals surface area contributed by atoms with Gasteiger partial charge in [0, 0.05) is 19.7 Å². The van der Waals surface area contributed by atoms with Crippen molar-refractivity contribution in [3.05, 3.63) is 24.3 Å². The molecule has 1 fully saturated rings. The molecule has 0 aromatic heterocycles. The van der Waals surface area contributed by atoms with Gasteiger partial charge in [-0.3, -0.25) is 4.79 Å². The average Bonchev–Trinajstić information content (AvgIpc) is 2.62. The van der Waals surface area contributed by atoms with Crippen LogP contribution in [0.25, 0.3) is 0 Å². The highest BCUT2D eigenvalue weighted by molar-refractivity contribution is 7.89. The third-order valence-corrected chi connectivity index (χ3v) is 6.05. The van der Waals surface area contributed by atoms with Crippen molar-refractivity contribution in [2.24, 2.45) is 0 Å². The molecule has 7 nitrogen and oxygen atoms in total. The summed E-state index contributed by atoms with van der Waals surface area (Å²) in [5.41, 5.74) is 0. The van der Waals surface area contributed by atoms with Crippen LogP contribution in [0.4, 0.5) is 0 Å². The molecule has 1 aliphatic rings. The molecule has 0 saturated heterocycles. The van der Waals surface area contributed by atoms with E-state index >= 15 is 0 Å². The molecule has 152 valence electrons. The lowest BCUT2D eigenvalue weighted by atomic mass is 9.97. The van der Waals surface area contributed by atoms with Crippen LogP contribution in [-0.2, 0) is 19.6 Å². The summed E-state index contributed by atoms with van der Waals surface area (Å²) in [7, 11) is -2.06. The molecule has 0 unspecified atom stereocenters. The Morgan fingerprint density at radius 1 is 1.07 bits per heavy atom. The zero-order valence-electron chi connectivity index (χ0n) is 15.9. The Labute approximate surface area is 161 Å². The monoisotopic (exact) mass is 398 g/mol. The highest BCUT2D eigenvalue weighted by atomic mass is 32.2. The first-order valence-corrected chi connectivity index (χ1v) is 11.0. The van der Waals surface area contributed by atoms with Gasteiger partial charge in [0.15, 0.2) is 6.61 Å². The maximum absolute atomic E-state index is 12.1. The topological polar surface area (TPSA) is 93.7 Å². The smallest absolute Gasteiger partial charge is 0.258 e. The van der Waals surface area contributed by atoms with Crippen LogP contribution in [-0.4, -0.2) is 47.2 Å². The molecule has 0 heterocycles. The zero-order valence-corrected chi connectivity index (χ0v) is 16.7. The summed E-state index contributed by atoms with van der Waals surface area (Å²) in [6, 6.07) is 6.24. The Morgan fingerprint density at radius 3 is 2.33 bits per heavy atom. The molecule has 1 amide bonds. The zero-order chi connectivity index (χ0) is 19.5. The van der Waals surface area contributed by atoms with Gasteiger partial charge in [-0.2, -0.15) is 0 Å². The van der Waals surface area contributed by atoms with E-state index in [0.29, 0.717) is 12.4 Å². The normalized spacial score (nSPS) is 16.3. The lowest BCUT2D eigenvalue weighted by molar-refractivity contribution is -0.123. The summed E-state index contributed by atoms with van der Waals surface area (Å²) < 4.78 is 36.9. The molecule has 2 N–H and O–H groups in total. The van der Waals surface area contributed by atoms with Crippen LogP contribution in [0.2, 0.25) is 0 Å². The fraction of sp³-hybridized carbons (Fsp3) is 0.632. The molecular formula is C19H30N2O5S. The number of amides is 1. The third-order valence-electron chi connectivity index (χ3n) is 4.57.